The van der Waals surface area contributed by atoms with Crippen molar-refractivity contribution < 1.29 is 35.8 Å². The van der Waals surface area contributed by atoms with Gasteiger partial charge in [0.25, 0.3) is 0 Å². The largest absolute Gasteiger partial charge is 0.497 e. The van der Waals surface area contributed by atoms with Gasteiger partial charge in [-0.1, -0.05) is 0 Å². The number of benzene rings is 1. The van der Waals surface area contributed by atoms with E-state index in [2.05, 4.69) is 9.47 Å². The Bertz CT molecular complexity index is 526. The molecule has 1 aromatic rings. The first-order chi connectivity index (χ1) is 9.33. The van der Waals surface area contributed by atoms with Crippen molar-refractivity contribution in [3.8, 4) is 11.5 Å². The van der Waals surface area contributed by atoms with Crippen molar-refractivity contribution >= 4 is 11.7 Å². The Morgan fingerprint density at radius 3 is 1.40 bits per heavy atom. The molecule has 0 aromatic heterocycles. The van der Waals surface area contributed by atoms with E-state index in [4.69, 9.17) is 0 Å². The van der Waals surface area contributed by atoms with Gasteiger partial charge in [-0.3, -0.25) is 0 Å². The molecule has 0 heterocycles. The van der Waals surface area contributed by atoms with Gasteiger partial charge in [0.2, 0.25) is 0 Å². The molecular weight excluding hydrogens is 290 g/mol. The Hall–Kier alpha value is -2.12. The van der Waals surface area contributed by atoms with Crippen LogP contribution in [-0.4, -0.2) is 14.2 Å². The molecule has 0 bridgehead atoms. The van der Waals surface area contributed by atoms with E-state index in [-0.39, 0.29) is 5.75 Å². The zero-order chi connectivity index (χ0) is 15.4. The third kappa shape index (κ3) is 3.06. The maximum atomic E-state index is 13.3. The van der Waals surface area contributed by atoms with Crippen molar-refractivity contribution in [2.45, 2.75) is 0 Å². The van der Waals surface area contributed by atoms with Gasteiger partial charge in [-0.2, -0.15) is 17.6 Å². The fourth-order valence-corrected chi connectivity index (χ4v) is 1.47. The number of rotatable bonds is 4. The number of hydrogen-bond acceptors (Lipinski definition) is 2. The topological polar surface area (TPSA) is 18.5 Å². The molecule has 2 nitrogen and oxygen atoms in total. The molecular formula is C12H8F6O2. The van der Waals surface area contributed by atoms with E-state index in [1.807, 2.05) is 0 Å². The summed E-state index contributed by atoms with van der Waals surface area (Å²) in [6.07, 6.45) is -5.40. The van der Waals surface area contributed by atoms with Gasteiger partial charge in [0.05, 0.1) is 25.3 Å². The summed E-state index contributed by atoms with van der Waals surface area (Å²) in [6.45, 7) is 0. The van der Waals surface area contributed by atoms with E-state index in [0.29, 0.717) is 0 Å². The lowest BCUT2D eigenvalue weighted by Crippen LogP contribution is -1.97. The summed E-state index contributed by atoms with van der Waals surface area (Å²) < 4.78 is 85.1. The molecule has 0 fully saturated rings. The molecule has 0 saturated heterocycles. The molecule has 1 rings (SSSR count). The summed E-state index contributed by atoms with van der Waals surface area (Å²) in [6, 6.07) is 1.56. The lowest BCUT2D eigenvalue weighted by molar-refractivity contribution is 0.387. The highest BCUT2D eigenvalue weighted by molar-refractivity contribution is 5.77. The lowest BCUT2D eigenvalue weighted by Gasteiger charge is -2.13. The van der Waals surface area contributed by atoms with Gasteiger partial charge in [0.1, 0.15) is 11.5 Å². The van der Waals surface area contributed by atoms with Crippen LogP contribution >= 0.6 is 0 Å². The summed E-state index contributed by atoms with van der Waals surface area (Å²) >= 11 is 0. The third-order valence-electron chi connectivity index (χ3n) is 2.31. The van der Waals surface area contributed by atoms with Gasteiger partial charge in [-0.15, -0.1) is 0 Å². The summed E-state index contributed by atoms with van der Waals surface area (Å²) in [5.74, 6) is -5.12. The van der Waals surface area contributed by atoms with Crippen molar-refractivity contribution in [1.29, 1.82) is 0 Å². The van der Waals surface area contributed by atoms with Crippen LogP contribution in [-0.2, 0) is 0 Å². The predicted octanol–water partition coefficient (Wildman–Crippen LogP) is 4.77. The van der Waals surface area contributed by atoms with Crippen molar-refractivity contribution in [1.82, 2.24) is 0 Å². The van der Waals surface area contributed by atoms with Crippen LogP contribution in [0.2, 0.25) is 0 Å². The number of methoxy groups -OCH3 is 2. The van der Waals surface area contributed by atoms with Gasteiger partial charge >= 0.3 is 12.2 Å². The van der Waals surface area contributed by atoms with Crippen LogP contribution in [0.15, 0.2) is 24.3 Å². The molecule has 1 aromatic carbocycles. The van der Waals surface area contributed by atoms with E-state index < -0.39 is 40.7 Å². The molecule has 0 atom stereocenters. The van der Waals surface area contributed by atoms with Crippen molar-refractivity contribution in [2.75, 3.05) is 14.2 Å². The van der Waals surface area contributed by atoms with Crippen molar-refractivity contribution in [3.05, 3.63) is 35.4 Å². The van der Waals surface area contributed by atoms with Crippen LogP contribution in [0.3, 0.4) is 0 Å². The molecule has 0 amide bonds. The first kappa shape index (κ1) is 15.9. The van der Waals surface area contributed by atoms with Gasteiger partial charge in [0.15, 0.2) is 11.7 Å². The Kier molecular flexibility index (Phi) is 5.06. The molecule has 8 heteroatoms. The molecule has 0 unspecified atom stereocenters. The maximum absolute atomic E-state index is 13.3. The van der Waals surface area contributed by atoms with Crippen molar-refractivity contribution in [2.24, 2.45) is 0 Å². The quantitative estimate of drug-likeness (QED) is 0.745. The molecule has 0 aliphatic heterocycles. The second-order valence-electron chi connectivity index (χ2n) is 3.40. The molecule has 0 radical (unpaired) electrons. The Morgan fingerprint density at radius 2 is 1.15 bits per heavy atom. The first-order valence-corrected chi connectivity index (χ1v) is 5.01. The minimum Gasteiger partial charge on any atom is -0.497 e. The molecule has 0 spiro atoms. The average Bonchev–Trinajstić information content (AvgIpc) is 2.43. The second kappa shape index (κ2) is 6.36. The lowest BCUT2D eigenvalue weighted by atomic mass is 10.1. The minimum atomic E-state index is -2.70. The van der Waals surface area contributed by atoms with E-state index in [9.17, 15) is 26.3 Å². The molecule has 0 N–H and O–H groups in total. The van der Waals surface area contributed by atoms with E-state index in [0.717, 1.165) is 26.4 Å². The van der Waals surface area contributed by atoms with Crippen LogP contribution in [0.1, 0.15) is 11.1 Å². The van der Waals surface area contributed by atoms with Gasteiger partial charge in [0, 0.05) is 0 Å². The highest BCUT2D eigenvalue weighted by Crippen LogP contribution is 2.41. The van der Waals surface area contributed by atoms with Crippen LogP contribution in [0.25, 0.3) is 11.7 Å². The van der Waals surface area contributed by atoms with Crippen LogP contribution < -0.4 is 9.47 Å². The van der Waals surface area contributed by atoms with Crippen molar-refractivity contribution in [3.63, 3.8) is 0 Å². The Labute approximate surface area is 109 Å². The molecule has 110 valence electrons. The first-order valence-electron chi connectivity index (χ1n) is 5.01. The highest BCUT2D eigenvalue weighted by atomic mass is 19.3. The third-order valence-corrected chi connectivity index (χ3v) is 2.31. The Morgan fingerprint density at radius 1 is 0.750 bits per heavy atom. The number of ether oxygens (including phenoxy) is 2. The predicted molar refractivity (Wildman–Crippen MR) is 60.0 cm³/mol. The summed E-state index contributed by atoms with van der Waals surface area (Å²) in [7, 11) is 1.98. The fourth-order valence-electron chi connectivity index (χ4n) is 1.47. The van der Waals surface area contributed by atoms with E-state index in [1.54, 1.807) is 0 Å². The molecule has 0 aliphatic rings. The summed E-state index contributed by atoms with van der Waals surface area (Å²) in [5, 5.41) is 0. The molecule has 0 aliphatic carbocycles. The standard InChI is InChI=1S/C12H8F6O2/c1-19-5-3-6(8(13)11(15)16)10(20-2)7(4-5)9(14)12(17)18/h3-4H,1-2H3. The minimum absolute atomic E-state index is 0.288. The second-order valence-corrected chi connectivity index (χ2v) is 3.40. The highest BCUT2D eigenvalue weighted by Gasteiger charge is 2.23. The van der Waals surface area contributed by atoms with Gasteiger partial charge in [-0.05, 0) is 12.1 Å². The number of hydrogen-bond donors (Lipinski definition) is 0. The summed E-state index contributed by atoms with van der Waals surface area (Å²) in [4.78, 5) is 0. The number of halogens is 6. The van der Waals surface area contributed by atoms with Crippen LogP contribution in [0, 0.1) is 0 Å². The Balaban J connectivity index is 3.74. The summed E-state index contributed by atoms with van der Waals surface area (Å²) in [5.41, 5.74) is -1.78. The van der Waals surface area contributed by atoms with E-state index >= 15 is 0 Å². The van der Waals surface area contributed by atoms with Gasteiger partial charge in [-0.25, -0.2) is 8.78 Å². The fraction of sp³-hybridized carbons (Fsp3) is 0.167. The zero-order valence-electron chi connectivity index (χ0n) is 10.2. The molecule has 20 heavy (non-hydrogen) atoms. The van der Waals surface area contributed by atoms with Gasteiger partial charge < -0.3 is 9.47 Å². The van der Waals surface area contributed by atoms with E-state index in [1.165, 1.54) is 0 Å². The zero-order valence-corrected chi connectivity index (χ0v) is 10.2. The SMILES string of the molecule is COc1cc(C(F)=C(F)F)c(OC)c(C(F)=C(F)F)c1. The van der Waals surface area contributed by atoms with Crippen LogP contribution in [0.5, 0.6) is 11.5 Å². The average molecular weight is 298 g/mol. The molecule has 0 saturated carbocycles. The van der Waals surface area contributed by atoms with Crippen LogP contribution in [0.4, 0.5) is 26.3 Å². The monoisotopic (exact) mass is 298 g/mol. The maximum Gasteiger partial charge on any atom is 0.306 e. The smallest absolute Gasteiger partial charge is 0.306 e. The normalized spacial score (nSPS) is 10.0.